The number of hydrogen-bond acceptors (Lipinski definition) is 6. The minimum absolute atomic E-state index is 0.0798. The van der Waals surface area contributed by atoms with Crippen LogP contribution >= 0.6 is 0 Å². The normalized spacial score (nSPS) is 10.4. The Morgan fingerprint density at radius 1 is 0.600 bits per heavy atom. The molecule has 3 aromatic rings. The SMILES string of the molecule is CC(=O)c1cc(C(=O)O)cc(-c2ccc(-c3cc(C(=O)O)cc(C(=O)O)c3)nn2)c1. The van der Waals surface area contributed by atoms with Gasteiger partial charge in [-0.3, -0.25) is 4.79 Å². The van der Waals surface area contributed by atoms with E-state index in [1.807, 2.05) is 0 Å². The van der Waals surface area contributed by atoms with Crippen molar-refractivity contribution in [1.82, 2.24) is 10.2 Å². The van der Waals surface area contributed by atoms with E-state index in [9.17, 15) is 34.5 Å². The van der Waals surface area contributed by atoms with E-state index in [1.165, 1.54) is 49.4 Å². The van der Waals surface area contributed by atoms with Crippen LogP contribution in [0.4, 0.5) is 0 Å². The number of carbonyl (C=O) groups excluding carboxylic acids is 1. The fourth-order valence-corrected chi connectivity index (χ4v) is 2.76. The van der Waals surface area contributed by atoms with Crippen LogP contribution in [0.1, 0.15) is 48.4 Å². The lowest BCUT2D eigenvalue weighted by molar-refractivity contribution is 0.0682. The summed E-state index contributed by atoms with van der Waals surface area (Å²) in [5.41, 5.74) is 0.828. The van der Waals surface area contributed by atoms with E-state index < -0.39 is 17.9 Å². The topological polar surface area (TPSA) is 155 Å². The fraction of sp³-hybridized carbons (Fsp3) is 0.0476. The maximum atomic E-state index is 11.7. The van der Waals surface area contributed by atoms with Crippen LogP contribution in [-0.2, 0) is 0 Å². The molecule has 0 saturated heterocycles. The van der Waals surface area contributed by atoms with Crippen LogP contribution in [0.15, 0.2) is 48.5 Å². The summed E-state index contributed by atoms with van der Waals surface area (Å²) < 4.78 is 0. The van der Waals surface area contributed by atoms with E-state index in [0.717, 1.165) is 6.07 Å². The molecule has 1 heterocycles. The fourth-order valence-electron chi connectivity index (χ4n) is 2.76. The van der Waals surface area contributed by atoms with Crippen LogP contribution in [0, 0.1) is 0 Å². The third kappa shape index (κ3) is 4.20. The van der Waals surface area contributed by atoms with Gasteiger partial charge < -0.3 is 15.3 Å². The third-order valence-electron chi connectivity index (χ3n) is 4.27. The van der Waals surface area contributed by atoms with Gasteiger partial charge in [0.15, 0.2) is 5.78 Å². The van der Waals surface area contributed by atoms with Crippen molar-refractivity contribution in [2.24, 2.45) is 0 Å². The van der Waals surface area contributed by atoms with Gasteiger partial charge in [-0.1, -0.05) is 0 Å². The molecule has 1 aromatic heterocycles. The van der Waals surface area contributed by atoms with Crippen molar-refractivity contribution in [1.29, 1.82) is 0 Å². The van der Waals surface area contributed by atoms with E-state index >= 15 is 0 Å². The predicted octanol–water partition coefficient (Wildman–Crippen LogP) is 3.11. The number of benzene rings is 2. The Hall–Kier alpha value is -4.40. The monoisotopic (exact) mass is 406 g/mol. The van der Waals surface area contributed by atoms with Gasteiger partial charge in [0.2, 0.25) is 0 Å². The number of aromatic carboxylic acids is 3. The minimum atomic E-state index is -1.29. The van der Waals surface area contributed by atoms with Crippen molar-refractivity contribution >= 4 is 23.7 Å². The maximum Gasteiger partial charge on any atom is 0.335 e. The number of hydrogen-bond donors (Lipinski definition) is 3. The largest absolute Gasteiger partial charge is 0.478 e. The van der Waals surface area contributed by atoms with Gasteiger partial charge in [0.05, 0.1) is 28.1 Å². The number of Topliss-reactive ketones (excluding diaryl/α,β-unsaturated/α-hetero) is 1. The van der Waals surface area contributed by atoms with Crippen molar-refractivity contribution < 1.29 is 34.5 Å². The zero-order valence-electron chi connectivity index (χ0n) is 15.5. The summed E-state index contributed by atoms with van der Waals surface area (Å²) in [5.74, 6) is -4.08. The van der Waals surface area contributed by atoms with Crippen molar-refractivity contribution in [3.8, 4) is 22.5 Å². The molecule has 30 heavy (non-hydrogen) atoms. The molecule has 0 amide bonds. The van der Waals surface area contributed by atoms with Crippen molar-refractivity contribution in [3.05, 3.63) is 70.8 Å². The molecule has 0 spiro atoms. The molecule has 3 rings (SSSR count). The van der Waals surface area contributed by atoms with Crippen LogP contribution in [0.5, 0.6) is 0 Å². The summed E-state index contributed by atoms with van der Waals surface area (Å²) in [5, 5.41) is 35.7. The molecule has 0 aliphatic rings. The molecule has 0 atom stereocenters. The molecule has 0 bridgehead atoms. The number of rotatable bonds is 6. The quantitative estimate of drug-likeness (QED) is 0.524. The standard InChI is InChI=1S/C21H14N2O7/c1-10(24)11-4-12(6-14(5-11)19(25)26)17-2-3-18(23-22-17)13-7-15(20(27)28)9-16(8-13)21(29)30/h2-9H,1H3,(H,25,26)(H,27,28)(H,29,30). The van der Waals surface area contributed by atoms with E-state index in [-0.39, 0.29) is 45.0 Å². The highest BCUT2D eigenvalue weighted by Crippen LogP contribution is 2.25. The van der Waals surface area contributed by atoms with Crippen LogP contribution < -0.4 is 0 Å². The number of nitrogens with zero attached hydrogens (tertiary/aromatic N) is 2. The molecule has 150 valence electrons. The molecule has 0 unspecified atom stereocenters. The lowest BCUT2D eigenvalue weighted by Crippen LogP contribution is -2.04. The number of carboxylic acids is 3. The van der Waals surface area contributed by atoms with Gasteiger partial charge in [-0.25, -0.2) is 14.4 Å². The second-order valence-corrected chi connectivity index (χ2v) is 6.37. The molecule has 0 aliphatic heterocycles. The van der Waals surface area contributed by atoms with Crippen LogP contribution in [-0.4, -0.2) is 49.2 Å². The first-order valence-corrected chi connectivity index (χ1v) is 8.51. The molecule has 3 N–H and O–H groups in total. The van der Waals surface area contributed by atoms with Gasteiger partial charge in [-0.05, 0) is 55.5 Å². The second kappa shape index (κ2) is 7.92. The summed E-state index contributed by atoms with van der Waals surface area (Å²) in [4.78, 5) is 45.6. The number of aromatic nitrogens is 2. The molecule has 9 nitrogen and oxygen atoms in total. The van der Waals surface area contributed by atoms with Crippen LogP contribution in [0.2, 0.25) is 0 Å². The molecule has 2 aromatic carbocycles. The molecular weight excluding hydrogens is 392 g/mol. The Morgan fingerprint density at radius 2 is 0.933 bits per heavy atom. The van der Waals surface area contributed by atoms with Gasteiger partial charge in [0.1, 0.15) is 0 Å². The van der Waals surface area contributed by atoms with Gasteiger partial charge in [0, 0.05) is 16.7 Å². The van der Waals surface area contributed by atoms with E-state index in [4.69, 9.17) is 0 Å². The average Bonchev–Trinajstić information content (AvgIpc) is 2.73. The third-order valence-corrected chi connectivity index (χ3v) is 4.27. The maximum absolute atomic E-state index is 11.7. The van der Waals surface area contributed by atoms with Gasteiger partial charge in [-0.15, -0.1) is 10.2 Å². The first-order valence-electron chi connectivity index (χ1n) is 8.51. The highest BCUT2D eigenvalue weighted by Gasteiger charge is 2.15. The number of ketones is 1. The van der Waals surface area contributed by atoms with Crippen molar-refractivity contribution in [2.45, 2.75) is 6.92 Å². The highest BCUT2D eigenvalue weighted by molar-refractivity contribution is 5.99. The summed E-state index contributed by atoms with van der Waals surface area (Å²) in [7, 11) is 0. The second-order valence-electron chi connectivity index (χ2n) is 6.37. The molecule has 0 saturated carbocycles. The Bertz CT molecular complexity index is 1040. The Morgan fingerprint density at radius 3 is 1.23 bits per heavy atom. The Labute approximate surface area is 169 Å². The highest BCUT2D eigenvalue weighted by atomic mass is 16.4. The lowest BCUT2D eigenvalue weighted by Gasteiger charge is -2.07. The summed E-state index contributed by atoms with van der Waals surface area (Å²) >= 11 is 0. The van der Waals surface area contributed by atoms with E-state index in [1.54, 1.807) is 0 Å². The molecule has 0 fully saturated rings. The van der Waals surface area contributed by atoms with Gasteiger partial charge in [0.25, 0.3) is 0 Å². The van der Waals surface area contributed by atoms with Crippen molar-refractivity contribution in [3.63, 3.8) is 0 Å². The van der Waals surface area contributed by atoms with Crippen LogP contribution in [0.3, 0.4) is 0 Å². The number of carbonyl (C=O) groups is 4. The molecule has 0 aliphatic carbocycles. The lowest BCUT2D eigenvalue weighted by atomic mass is 10.0. The zero-order valence-corrected chi connectivity index (χ0v) is 15.5. The first kappa shape index (κ1) is 20.3. The molecule has 0 radical (unpaired) electrons. The van der Waals surface area contributed by atoms with Gasteiger partial charge >= 0.3 is 17.9 Å². The Balaban J connectivity index is 2.06. The average molecular weight is 406 g/mol. The summed E-state index contributed by atoms with van der Waals surface area (Å²) in [6, 6.07) is 10.7. The molecule has 9 heteroatoms. The smallest absolute Gasteiger partial charge is 0.335 e. The van der Waals surface area contributed by atoms with Crippen LogP contribution in [0.25, 0.3) is 22.5 Å². The summed E-state index contributed by atoms with van der Waals surface area (Å²) in [6.07, 6.45) is 0. The minimum Gasteiger partial charge on any atom is -0.478 e. The predicted molar refractivity (Wildman–Crippen MR) is 104 cm³/mol. The van der Waals surface area contributed by atoms with Crippen molar-refractivity contribution in [2.75, 3.05) is 0 Å². The first-order chi connectivity index (χ1) is 14.2. The number of carboxylic acid groups (broad SMARTS) is 3. The zero-order chi connectivity index (χ0) is 22.0. The Kier molecular flexibility index (Phi) is 5.37. The van der Waals surface area contributed by atoms with E-state index in [0.29, 0.717) is 5.56 Å². The van der Waals surface area contributed by atoms with E-state index in [2.05, 4.69) is 10.2 Å². The van der Waals surface area contributed by atoms with Gasteiger partial charge in [-0.2, -0.15) is 0 Å². The summed E-state index contributed by atoms with van der Waals surface area (Å²) in [6.45, 7) is 1.31. The molecular formula is C21H14N2O7.